The standard InChI is InChI=1S/C23H27NO8/c1-2-22(25)29-13-12-28-11-10-27-9-8-24-23(26)32-21-5-3-4-17-14-18(6-7-20(17)21)30-15-19-16-31-19/h2-7,14,19H,1,8-13,15-16H2,(H,24,26). The maximum atomic E-state index is 12.1. The van der Waals surface area contributed by atoms with E-state index in [-0.39, 0.29) is 19.3 Å². The van der Waals surface area contributed by atoms with Gasteiger partial charge in [0.25, 0.3) is 0 Å². The molecular weight excluding hydrogens is 418 g/mol. The normalized spacial score (nSPS) is 14.6. The predicted octanol–water partition coefficient (Wildman–Crippen LogP) is 2.47. The van der Waals surface area contributed by atoms with Crippen LogP contribution < -0.4 is 14.8 Å². The van der Waals surface area contributed by atoms with E-state index in [4.69, 9.17) is 28.4 Å². The van der Waals surface area contributed by atoms with Gasteiger partial charge in [-0.25, -0.2) is 9.59 Å². The number of fused-ring (bicyclic) bond motifs is 1. The third-order valence-corrected chi connectivity index (χ3v) is 4.38. The van der Waals surface area contributed by atoms with Crippen LogP contribution in [-0.2, 0) is 23.7 Å². The van der Waals surface area contributed by atoms with E-state index in [2.05, 4.69) is 11.9 Å². The Balaban J connectivity index is 1.30. The minimum atomic E-state index is -0.562. The molecule has 3 rings (SSSR count). The molecule has 9 nitrogen and oxygen atoms in total. The summed E-state index contributed by atoms with van der Waals surface area (Å²) in [4.78, 5) is 22.9. The van der Waals surface area contributed by atoms with Crippen molar-refractivity contribution in [3.63, 3.8) is 0 Å². The molecule has 1 unspecified atom stereocenters. The smallest absolute Gasteiger partial charge is 0.412 e. The van der Waals surface area contributed by atoms with Crippen molar-refractivity contribution >= 4 is 22.8 Å². The number of esters is 1. The van der Waals surface area contributed by atoms with Crippen molar-refractivity contribution in [3.8, 4) is 11.5 Å². The second-order valence-corrected chi connectivity index (χ2v) is 6.82. The zero-order valence-electron chi connectivity index (χ0n) is 17.7. The van der Waals surface area contributed by atoms with Gasteiger partial charge in [-0.1, -0.05) is 18.7 Å². The molecule has 1 atom stereocenters. The Labute approximate surface area is 186 Å². The van der Waals surface area contributed by atoms with Gasteiger partial charge in [0.05, 0.1) is 33.0 Å². The summed E-state index contributed by atoms with van der Waals surface area (Å²) in [7, 11) is 0. The van der Waals surface area contributed by atoms with Crippen molar-refractivity contribution < 1.29 is 38.0 Å². The maximum absolute atomic E-state index is 12.1. The lowest BCUT2D eigenvalue weighted by Crippen LogP contribution is -2.30. The molecule has 1 heterocycles. The highest BCUT2D eigenvalue weighted by Crippen LogP contribution is 2.29. The van der Waals surface area contributed by atoms with Gasteiger partial charge in [-0.3, -0.25) is 0 Å². The van der Waals surface area contributed by atoms with Gasteiger partial charge in [0, 0.05) is 18.0 Å². The lowest BCUT2D eigenvalue weighted by Gasteiger charge is -2.11. The van der Waals surface area contributed by atoms with Crippen LogP contribution in [-0.4, -0.2) is 71.0 Å². The van der Waals surface area contributed by atoms with E-state index in [9.17, 15) is 9.59 Å². The summed E-state index contributed by atoms with van der Waals surface area (Å²) >= 11 is 0. The molecule has 32 heavy (non-hydrogen) atoms. The van der Waals surface area contributed by atoms with E-state index >= 15 is 0 Å². The monoisotopic (exact) mass is 445 g/mol. The van der Waals surface area contributed by atoms with Gasteiger partial charge in [-0.2, -0.15) is 0 Å². The summed E-state index contributed by atoms with van der Waals surface area (Å²) in [6, 6.07) is 11.1. The number of amides is 1. The Morgan fingerprint density at radius 3 is 2.66 bits per heavy atom. The molecule has 0 aromatic heterocycles. The predicted molar refractivity (Wildman–Crippen MR) is 116 cm³/mol. The number of carbonyl (C=O) groups excluding carboxylic acids is 2. The highest BCUT2D eigenvalue weighted by atomic mass is 16.6. The Hall–Kier alpha value is -3.14. The fraction of sp³-hybridized carbons (Fsp3) is 0.391. The number of nitrogens with one attached hydrogen (secondary N) is 1. The Bertz CT molecular complexity index is 912. The van der Waals surface area contributed by atoms with E-state index in [1.54, 1.807) is 6.07 Å². The fourth-order valence-corrected chi connectivity index (χ4v) is 2.71. The summed E-state index contributed by atoms with van der Waals surface area (Å²) in [6.45, 7) is 6.33. The SMILES string of the molecule is C=CC(=O)OCCOCCOCCNC(=O)Oc1cccc2cc(OCC3CO3)ccc12. The molecule has 0 aliphatic carbocycles. The first kappa shape index (κ1) is 23.5. The van der Waals surface area contributed by atoms with Crippen molar-refractivity contribution in [3.05, 3.63) is 49.1 Å². The van der Waals surface area contributed by atoms with Crippen LogP contribution in [0.3, 0.4) is 0 Å². The first-order valence-corrected chi connectivity index (χ1v) is 10.3. The number of rotatable bonds is 14. The van der Waals surface area contributed by atoms with Crippen molar-refractivity contribution in [1.82, 2.24) is 5.32 Å². The summed E-state index contributed by atoms with van der Waals surface area (Å²) in [5, 5.41) is 4.36. The zero-order chi connectivity index (χ0) is 22.6. The van der Waals surface area contributed by atoms with Gasteiger partial charge in [0.2, 0.25) is 0 Å². The Morgan fingerprint density at radius 2 is 1.88 bits per heavy atom. The van der Waals surface area contributed by atoms with Gasteiger partial charge in [0.1, 0.15) is 30.8 Å². The quantitative estimate of drug-likeness (QED) is 0.205. The van der Waals surface area contributed by atoms with Gasteiger partial charge in [-0.05, 0) is 29.7 Å². The van der Waals surface area contributed by atoms with Crippen LogP contribution in [0.15, 0.2) is 49.1 Å². The second-order valence-electron chi connectivity index (χ2n) is 6.82. The molecular formula is C23H27NO8. The largest absolute Gasteiger partial charge is 0.491 e. The number of hydrogen-bond donors (Lipinski definition) is 1. The number of ether oxygens (including phenoxy) is 6. The van der Waals surface area contributed by atoms with E-state index in [0.717, 1.165) is 29.2 Å². The van der Waals surface area contributed by atoms with Crippen LogP contribution in [0, 0.1) is 0 Å². The van der Waals surface area contributed by atoms with Crippen LogP contribution in [0.5, 0.6) is 11.5 Å². The topological polar surface area (TPSA) is 105 Å². The second kappa shape index (κ2) is 12.7. The van der Waals surface area contributed by atoms with Crippen molar-refractivity contribution in [2.75, 3.05) is 52.8 Å². The van der Waals surface area contributed by atoms with E-state index < -0.39 is 12.1 Å². The average molecular weight is 445 g/mol. The summed E-state index contributed by atoms with van der Waals surface area (Å²) in [5.74, 6) is 0.724. The average Bonchev–Trinajstić information content (AvgIpc) is 3.63. The minimum Gasteiger partial charge on any atom is -0.491 e. The first-order chi connectivity index (χ1) is 15.7. The minimum absolute atomic E-state index is 0.163. The first-order valence-electron chi connectivity index (χ1n) is 10.3. The lowest BCUT2D eigenvalue weighted by atomic mass is 10.1. The molecule has 0 radical (unpaired) electrons. The molecule has 1 N–H and O–H groups in total. The molecule has 0 spiro atoms. The Morgan fingerprint density at radius 1 is 1.09 bits per heavy atom. The third kappa shape index (κ3) is 8.18. The molecule has 2 aromatic carbocycles. The van der Waals surface area contributed by atoms with Gasteiger partial charge >= 0.3 is 12.1 Å². The molecule has 1 saturated heterocycles. The maximum Gasteiger partial charge on any atom is 0.412 e. The van der Waals surface area contributed by atoms with E-state index in [0.29, 0.717) is 38.7 Å². The van der Waals surface area contributed by atoms with Gasteiger partial charge in [0.15, 0.2) is 0 Å². The van der Waals surface area contributed by atoms with Crippen LogP contribution in [0.25, 0.3) is 10.8 Å². The molecule has 1 fully saturated rings. The van der Waals surface area contributed by atoms with E-state index in [1.807, 2.05) is 30.3 Å². The summed E-state index contributed by atoms with van der Waals surface area (Å²) in [6.07, 6.45) is 0.723. The molecule has 1 amide bonds. The zero-order valence-corrected chi connectivity index (χ0v) is 17.7. The van der Waals surface area contributed by atoms with Gasteiger partial charge in [-0.15, -0.1) is 0 Å². The van der Waals surface area contributed by atoms with Crippen molar-refractivity contribution in [2.45, 2.75) is 6.10 Å². The summed E-state index contributed by atoms with van der Waals surface area (Å²) < 4.78 is 31.7. The van der Waals surface area contributed by atoms with Crippen LogP contribution in [0.2, 0.25) is 0 Å². The molecule has 9 heteroatoms. The molecule has 0 bridgehead atoms. The molecule has 1 aliphatic heterocycles. The summed E-state index contributed by atoms with van der Waals surface area (Å²) in [5.41, 5.74) is 0. The van der Waals surface area contributed by atoms with E-state index in [1.165, 1.54) is 0 Å². The van der Waals surface area contributed by atoms with Crippen LogP contribution in [0.4, 0.5) is 4.79 Å². The third-order valence-electron chi connectivity index (χ3n) is 4.38. The molecule has 1 aliphatic rings. The van der Waals surface area contributed by atoms with Crippen LogP contribution >= 0.6 is 0 Å². The molecule has 172 valence electrons. The molecule has 0 saturated carbocycles. The highest BCUT2D eigenvalue weighted by molar-refractivity contribution is 5.91. The number of carbonyl (C=O) groups is 2. The number of epoxide rings is 1. The Kier molecular flexibility index (Phi) is 9.30. The highest BCUT2D eigenvalue weighted by Gasteiger charge is 2.23. The number of benzene rings is 2. The van der Waals surface area contributed by atoms with Crippen molar-refractivity contribution in [2.24, 2.45) is 0 Å². The number of hydrogen-bond acceptors (Lipinski definition) is 8. The van der Waals surface area contributed by atoms with Gasteiger partial charge < -0.3 is 33.7 Å². The van der Waals surface area contributed by atoms with Crippen molar-refractivity contribution in [1.29, 1.82) is 0 Å². The van der Waals surface area contributed by atoms with Crippen LogP contribution in [0.1, 0.15) is 0 Å². The molecule has 2 aromatic rings. The lowest BCUT2D eigenvalue weighted by molar-refractivity contribution is -0.139. The fourth-order valence-electron chi connectivity index (χ4n) is 2.71.